The van der Waals surface area contributed by atoms with Crippen molar-refractivity contribution in [2.75, 3.05) is 0 Å². The predicted octanol–water partition coefficient (Wildman–Crippen LogP) is 11.9. The first-order valence-corrected chi connectivity index (χ1v) is 18.0. The molecule has 2 atom stereocenters. The van der Waals surface area contributed by atoms with Crippen LogP contribution in [0, 0.1) is 0 Å². The fourth-order valence-corrected chi connectivity index (χ4v) is 8.76. The third kappa shape index (κ3) is 4.61. The van der Waals surface area contributed by atoms with Crippen LogP contribution >= 0.6 is 11.3 Å². The Labute approximate surface area is 296 Å². The topological polar surface area (TPSA) is 62.7 Å². The minimum atomic E-state index is -0.241. The largest absolute Gasteiger partial charge is 0.456 e. The molecule has 11 rings (SSSR count). The van der Waals surface area contributed by atoms with Gasteiger partial charge in [-0.25, -0.2) is 4.99 Å². The third-order valence-corrected chi connectivity index (χ3v) is 11.3. The van der Waals surface area contributed by atoms with Gasteiger partial charge in [0, 0.05) is 52.8 Å². The summed E-state index contributed by atoms with van der Waals surface area (Å²) in [6, 6.07) is 53.2. The van der Waals surface area contributed by atoms with Crippen molar-refractivity contribution >= 4 is 81.2 Å². The SMILES string of the molecule is c1ccc(C2NC(c3ccc4oc5cc(-c6cccc7c6oc6ccccc67)ccc5c4c3)=NC(c3ccc4sc5ccccc5c4c3)N2)cc1. The summed E-state index contributed by atoms with van der Waals surface area (Å²) in [7, 11) is 0. The highest BCUT2D eigenvalue weighted by atomic mass is 32.1. The van der Waals surface area contributed by atoms with E-state index in [4.69, 9.17) is 13.8 Å². The molecule has 0 fully saturated rings. The molecule has 0 aliphatic carbocycles. The van der Waals surface area contributed by atoms with E-state index in [2.05, 4.69) is 150 Å². The minimum absolute atomic E-state index is 0.126. The normalized spacial score (nSPS) is 16.4. The second-order valence-electron chi connectivity index (χ2n) is 13.2. The van der Waals surface area contributed by atoms with Gasteiger partial charge < -0.3 is 14.2 Å². The van der Waals surface area contributed by atoms with Gasteiger partial charge in [0.15, 0.2) is 0 Å². The van der Waals surface area contributed by atoms with Crippen LogP contribution in [0.3, 0.4) is 0 Å². The summed E-state index contributed by atoms with van der Waals surface area (Å²) in [5.74, 6) is 0.840. The van der Waals surface area contributed by atoms with Gasteiger partial charge in [0.2, 0.25) is 0 Å². The Balaban J connectivity index is 1.01. The summed E-state index contributed by atoms with van der Waals surface area (Å²) in [6.07, 6.45) is -0.367. The van der Waals surface area contributed by atoms with Crippen molar-refractivity contribution < 1.29 is 8.83 Å². The van der Waals surface area contributed by atoms with Gasteiger partial charge >= 0.3 is 0 Å². The van der Waals surface area contributed by atoms with Crippen LogP contribution in [0.25, 0.3) is 75.2 Å². The molecular weight excluding hydrogens is 647 g/mol. The molecule has 0 saturated heterocycles. The van der Waals surface area contributed by atoms with Gasteiger partial charge in [-0.2, -0.15) is 0 Å². The smallest absolute Gasteiger partial charge is 0.143 e. The Kier molecular flexibility index (Phi) is 6.26. The fourth-order valence-electron chi connectivity index (χ4n) is 7.67. The molecule has 0 amide bonds. The average Bonchev–Trinajstić information content (AvgIpc) is 3.88. The molecule has 0 saturated carbocycles. The van der Waals surface area contributed by atoms with E-state index in [9.17, 15) is 0 Å². The molecule has 6 heteroatoms. The average molecular weight is 676 g/mol. The highest BCUT2D eigenvalue weighted by Gasteiger charge is 2.26. The molecule has 7 aromatic carbocycles. The summed E-state index contributed by atoms with van der Waals surface area (Å²) < 4.78 is 15.4. The third-order valence-electron chi connectivity index (χ3n) is 10.2. The maximum absolute atomic E-state index is 6.47. The van der Waals surface area contributed by atoms with Gasteiger partial charge in [-0.1, -0.05) is 97.1 Å². The molecule has 1 aliphatic heterocycles. The van der Waals surface area contributed by atoms with Gasteiger partial charge in [0.25, 0.3) is 0 Å². The van der Waals surface area contributed by atoms with Crippen LogP contribution in [-0.2, 0) is 0 Å². The molecule has 10 aromatic rings. The van der Waals surface area contributed by atoms with Gasteiger partial charge in [-0.05, 0) is 71.3 Å². The van der Waals surface area contributed by atoms with Crippen molar-refractivity contribution in [3.8, 4) is 11.1 Å². The van der Waals surface area contributed by atoms with Crippen LogP contribution in [-0.4, -0.2) is 5.84 Å². The maximum Gasteiger partial charge on any atom is 0.143 e. The molecule has 3 aromatic heterocycles. The minimum Gasteiger partial charge on any atom is -0.456 e. The Morgan fingerprint density at radius 3 is 2.20 bits per heavy atom. The molecule has 0 bridgehead atoms. The first kappa shape index (κ1) is 28.6. The van der Waals surface area contributed by atoms with Crippen molar-refractivity contribution in [1.82, 2.24) is 10.6 Å². The van der Waals surface area contributed by atoms with E-state index in [-0.39, 0.29) is 12.3 Å². The van der Waals surface area contributed by atoms with E-state index in [1.165, 1.54) is 20.2 Å². The van der Waals surface area contributed by atoms with Crippen LogP contribution in [0.2, 0.25) is 0 Å². The number of nitrogens with zero attached hydrogens (tertiary/aromatic N) is 1. The lowest BCUT2D eigenvalue weighted by atomic mass is 10.0. The van der Waals surface area contributed by atoms with E-state index in [0.717, 1.165) is 77.5 Å². The van der Waals surface area contributed by atoms with Crippen LogP contribution in [0.5, 0.6) is 0 Å². The number of benzene rings is 7. The zero-order chi connectivity index (χ0) is 33.5. The second-order valence-corrected chi connectivity index (χ2v) is 14.3. The molecule has 2 unspecified atom stereocenters. The maximum atomic E-state index is 6.47. The second kappa shape index (κ2) is 11.2. The number of thiophene rings is 1. The quantitative estimate of drug-likeness (QED) is 0.195. The molecule has 51 heavy (non-hydrogen) atoms. The Morgan fingerprint density at radius 2 is 1.25 bits per heavy atom. The van der Waals surface area contributed by atoms with Crippen molar-refractivity contribution in [1.29, 1.82) is 0 Å². The van der Waals surface area contributed by atoms with Crippen molar-refractivity contribution in [2.45, 2.75) is 12.3 Å². The van der Waals surface area contributed by atoms with Crippen molar-refractivity contribution in [3.63, 3.8) is 0 Å². The molecular formula is C45H29N3O2S. The lowest BCUT2D eigenvalue weighted by molar-refractivity contribution is 0.409. The molecule has 0 spiro atoms. The van der Waals surface area contributed by atoms with Crippen molar-refractivity contribution in [3.05, 3.63) is 168 Å². The highest BCUT2D eigenvalue weighted by Crippen LogP contribution is 2.39. The van der Waals surface area contributed by atoms with E-state index in [1.54, 1.807) is 0 Å². The molecule has 2 N–H and O–H groups in total. The first-order valence-electron chi connectivity index (χ1n) is 17.2. The Bertz CT molecular complexity index is 3010. The van der Waals surface area contributed by atoms with Gasteiger partial charge in [-0.3, -0.25) is 5.32 Å². The van der Waals surface area contributed by atoms with Crippen LogP contribution in [0.15, 0.2) is 165 Å². The number of hydrogen-bond acceptors (Lipinski definition) is 6. The number of hydrogen-bond donors (Lipinski definition) is 2. The summed E-state index contributed by atoms with van der Waals surface area (Å²) in [5.41, 5.74) is 8.86. The number of para-hydroxylation sites is 2. The Hall–Kier alpha value is -6.21. The first-order chi connectivity index (χ1) is 25.2. The van der Waals surface area contributed by atoms with Crippen LogP contribution in [0.1, 0.15) is 29.0 Å². The molecule has 0 radical (unpaired) electrons. The number of aliphatic imine (C=N–C) groups is 1. The number of nitrogens with one attached hydrogen (secondary N) is 2. The number of furan rings is 2. The lowest BCUT2D eigenvalue weighted by Gasteiger charge is -2.32. The van der Waals surface area contributed by atoms with E-state index in [1.807, 2.05) is 23.5 Å². The fraction of sp³-hybridized carbons (Fsp3) is 0.0444. The molecule has 5 nitrogen and oxygen atoms in total. The summed E-state index contributed by atoms with van der Waals surface area (Å²) in [4.78, 5) is 5.30. The van der Waals surface area contributed by atoms with Gasteiger partial charge in [0.1, 0.15) is 40.5 Å². The van der Waals surface area contributed by atoms with E-state index >= 15 is 0 Å². The van der Waals surface area contributed by atoms with Crippen LogP contribution in [0.4, 0.5) is 0 Å². The highest BCUT2D eigenvalue weighted by molar-refractivity contribution is 7.25. The van der Waals surface area contributed by atoms with Crippen LogP contribution < -0.4 is 10.6 Å². The predicted molar refractivity (Wildman–Crippen MR) is 210 cm³/mol. The van der Waals surface area contributed by atoms with Gasteiger partial charge in [0.05, 0.1) is 0 Å². The molecule has 4 heterocycles. The standard InChI is InChI=1S/C45H29N3O2S/c1-2-9-26(10-3-1)43-46-44(48-45(47-43)29-19-22-41-36(24-29)33-12-5-7-16-40(33)51-41)28-18-21-38-35(23-28)32-20-17-27(25-39(32)49-38)30-13-8-14-34-31-11-4-6-15-37(31)50-42(30)34/h1-25,43,45,47H,(H,46,48). The summed E-state index contributed by atoms with van der Waals surface area (Å²) in [6.45, 7) is 0. The van der Waals surface area contributed by atoms with Crippen molar-refractivity contribution in [2.24, 2.45) is 4.99 Å². The Morgan fingerprint density at radius 1 is 0.490 bits per heavy atom. The summed E-state index contributed by atoms with van der Waals surface area (Å²) in [5, 5.41) is 14.4. The monoisotopic (exact) mass is 675 g/mol. The van der Waals surface area contributed by atoms with Gasteiger partial charge in [-0.15, -0.1) is 11.3 Å². The molecule has 1 aliphatic rings. The van der Waals surface area contributed by atoms with E-state index < -0.39 is 0 Å². The number of fused-ring (bicyclic) bond motifs is 9. The molecule has 242 valence electrons. The lowest BCUT2D eigenvalue weighted by Crippen LogP contribution is -2.44. The zero-order valence-electron chi connectivity index (χ0n) is 27.3. The summed E-state index contributed by atoms with van der Waals surface area (Å²) >= 11 is 1.83. The number of amidine groups is 1. The zero-order valence-corrected chi connectivity index (χ0v) is 28.1. The number of rotatable bonds is 4. The van der Waals surface area contributed by atoms with E-state index in [0.29, 0.717) is 0 Å².